The van der Waals surface area contributed by atoms with E-state index in [0.29, 0.717) is 24.2 Å². The van der Waals surface area contributed by atoms with Gasteiger partial charge in [-0.05, 0) is 74.1 Å². The second-order valence-corrected chi connectivity index (χ2v) is 10.2. The van der Waals surface area contributed by atoms with Gasteiger partial charge >= 0.3 is 0 Å². The van der Waals surface area contributed by atoms with E-state index >= 15 is 0 Å². The first kappa shape index (κ1) is 24.1. The molecule has 32 heavy (non-hydrogen) atoms. The van der Waals surface area contributed by atoms with Crippen molar-refractivity contribution in [3.05, 3.63) is 59.7 Å². The summed E-state index contributed by atoms with van der Waals surface area (Å²) in [6, 6.07) is 8.66. The predicted octanol–water partition coefficient (Wildman–Crippen LogP) is 3.13. The largest absolute Gasteiger partial charge is 0.489 e. The fourth-order valence-electron chi connectivity index (χ4n) is 3.86. The molecule has 2 aromatic rings. The highest BCUT2D eigenvalue weighted by molar-refractivity contribution is 7.92. The number of amides is 1. The maximum absolute atomic E-state index is 13.3. The van der Waals surface area contributed by atoms with Crippen LogP contribution in [0.15, 0.2) is 47.4 Å². The van der Waals surface area contributed by atoms with Crippen molar-refractivity contribution in [1.29, 1.82) is 0 Å². The van der Waals surface area contributed by atoms with Gasteiger partial charge in [0.1, 0.15) is 24.0 Å². The molecule has 0 heterocycles. The van der Waals surface area contributed by atoms with Gasteiger partial charge in [0, 0.05) is 12.0 Å². The molecule has 10 heteroatoms. The summed E-state index contributed by atoms with van der Waals surface area (Å²) in [6.45, 7) is -0.0980. The molecule has 7 nitrogen and oxygen atoms in total. The Morgan fingerprint density at radius 2 is 1.66 bits per heavy atom. The Kier molecular flexibility index (Phi) is 7.81. The molecule has 2 aromatic carbocycles. The summed E-state index contributed by atoms with van der Waals surface area (Å²) in [5.74, 6) is -2.52. The molecule has 0 saturated heterocycles. The van der Waals surface area contributed by atoms with Crippen molar-refractivity contribution in [2.45, 2.75) is 55.0 Å². The van der Waals surface area contributed by atoms with Crippen LogP contribution in [0.3, 0.4) is 0 Å². The minimum absolute atomic E-state index is 0.0323. The number of aliphatic hydroxyl groups is 1. The van der Waals surface area contributed by atoms with Gasteiger partial charge in [-0.15, -0.1) is 0 Å². The van der Waals surface area contributed by atoms with Crippen LogP contribution in [0.25, 0.3) is 0 Å². The zero-order chi connectivity index (χ0) is 23.3. The first-order chi connectivity index (χ1) is 15.2. The molecule has 1 aliphatic carbocycles. The molecular formula is C22H25F2NO6S. The number of hydroxylamine groups is 1. The summed E-state index contributed by atoms with van der Waals surface area (Å²) in [7, 11) is -3.82. The maximum atomic E-state index is 13.3. The second-order valence-electron chi connectivity index (χ2n) is 7.92. The summed E-state index contributed by atoms with van der Waals surface area (Å²) < 4.78 is 58.4. The van der Waals surface area contributed by atoms with E-state index in [9.17, 15) is 27.1 Å². The lowest BCUT2D eigenvalue weighted by Gasteiger charge is -2.27. The predicted molar refractivity (Wildman–Crippen MR) is 111 cm³/mol. The van der Waals surface area contributed by atoms with Gasteiger partial charge in [0.25, 0.3) is 0 Å². The van der Waals surface area contributed by atoms with Crippen molar-refractivity contribution in [3.8, 4) is 5.75 Å². The van der Waals surface area contributed by atoms with E-state index in [1.165, 1.54) is 24.3 Å². The number of rotatable bonds is 6. The molecule has 3 rings (SSSR count). The Morgan fingerprint density at radius 1 is 1.03 bits per heavy atom. The number of aliphatic hydroxyl groups excluding tert-OH is 1. The van der Waals surface area contributed by atoms with Crippen LogP contribution in [0.2, 0.25) is 0 Å². The van der Waals surface area contributed by atoms with E-state index in [0.717, 1.165) is 18.2 Å². The molecule has 0 aromatic heterocycles. The molecule has 3 atom stereocenters. The van der Waals surface area contributed by atoms with Crippen molar-refractivity contribution in [1.82, 2.24) is 5.48 Å². The van der Waals surface area contributed by atoms with Crippen molar-refractivity contribution in [2.75, 3.05) is 0 Å². The summed E-state index contributed by atoms with van der Waals surface area (Å²) >= 11 is 0. The van der Waals surface area contributed by atoms with Crippen molar-refractivity contribution in [2.24, 2.45) is 5.92 Å². The van der Waals surface area contributed by atoms with Crippen LogP contribution >= 0.6 is 0 Å². The van der Waals surface area contributed by atoms with Gasteiger partial charge in [0.05, 0.1) is 16.2 Å². The minimum Gasteiger partial charge on any atom is -0.489 e. The summed E-state index contributed by atoms with van der Waals surface area (Å²) in [4.78, 5) is 12.0. The highest BCUT2D eigenvalue weighted by Crippen LogP contribution is 2.31. The zero-order valence-corrected chi connectivity index (χ0v) is 18.0. The average Bonchev–Trinajstić information content (AvgIpc) is 2.74. The average molecular weight is 470 g/mol. The van der Waals surface area contributed by atoms with Gasteiger partial charge in [-0.25, -0.2) is 22.7 Å². The Bertz CT molecular complexity index is 1020. The lowest BCUT2D eigenvalue weighted by molar-refractivity contribution is -0.134. The quantitative estimate of drug-likeness (QED) is 0.443. The minimum atomic E-state index is -3.82. The van der Waals surface area contributed by atoms with Crippen molar-refractivity contribution < 1.29 is 37.0 Å². The Labute approximate surface area is 184 Å². The lowest BCUT2D eigenvalue weighted by Crippen LogP contribution is -2.36. The molecule has 3 N–H and O–H groups in total. The Hall–Kier alpha value is -2.56. The first-order valence-electron chi connectivity index (χ1n) is 10.2. The molecule has 0 aliphatic heterocycles. The monoisotopic (exact) mass is 469 g/mol. The third kappa shape index (κ3) is 6.02. The number of sulfone groups is 1. The van der Waals surface area contributed by atoms with E-state index in [1.807, 2.05) is 0 Å². The van der Waals surface area contributed by atoms with Gasteiger partial charge < -0.3 is 9.84 Å². The Balaban J connectivity index is 1.73. The van der Waals surface area contributed by atoms with Crippen LogP contribution in [-0.2, 0) is 21.2 Å². The van der Waals surface area contributed by atoms with Crippen LogP contribution in [0, 0.1) is 17.6 Å². The highest BCUT2D eigenvalue weighted by Gasteiger charge is 2.34. The van der Waals surface area contributed by atoms with Crippen LogP contribution in [0.5, 0.6) is 5.75 Å². The molecule has 1 unspecified atom stereocenters. The number of halogens is 2. The van der Waals surface area contributed by atoms with Gasteiger partial charge in [0.2, 0.25) is 5.91 Å². The SMILES string of the molecule is O=C(NO)[C@H]1CC[C@@H](O)CCC(S(=O)(=O)c2ccc(OCc3cc(F)cc(F)c3)cc2)C1. The Morgan fingerprint density at radius 3 is 2.28 bits per heavy atom. The smallest absolute Gasteiger partial charge is 0.246 e. The van der Waals surface area contributed by atoms with Crippen LogP contribution in [0.1, 0.15) is 37.7 Å². The highest BCUT2D eigenvalue weighted by atomic mass is 32.2. The van der Waals surface area contributed by atoms with Crippen molar-refractivity contribution in [3.63, 3.8) is 0 Å². The second kappa shape index (κ2) is 10.4. The van der Waals surface area contributed by atoms with Gasteiger partial charge in [-0.2, -0.15) is 0 Å². The number of nitrogens with one attached hydrogen (secondary N) is 1. The molecular weight excluding hydrogens is 444 g/mol. The van der Waals surface area contributed by atoms with Gasteiger partial charge in [0.15, 0.2) is 9.84 Å². The lowest BCUT2D eigenvalue weighted by atomic mass is 9.89. The zero-order valence-electron chi connectivity index (χ0n) is 17.2. The third-order valence-corrected chi connectivity index (χ3v) is 7.85. The standard InChI is InChI=1S/C22H25F2NO6S/c23-16-9-14(10-17(24)12-16)13-31-19-4-7-20(8-5-19)32(29,30)21-6-3-18(26)2-1-15(11-21)22(27)25-28/h4-5,7-10,12,15,18,21,26,28H,1-3,6,11,13H2,(H,25,27)/t15-,18+,21?/m0/s1. The summed E-state index contributed by atoms with van der Waals surface area (Å²) in [6.07, 6.45) is 0.417. The number of hydrogen-bond donors (Lipinski definition) is 3. The summed E-state index contributed by atoms with van der Waals surface area (Å²) in [5, 5.41) is 18.1. The third-order valence-electron chi connectivity index (χ3n) is 5.62. The number of carbonyl (C=O) groups is 1. The normalized spacial score (nSPS) is 21.9. The summed E-state index contributed by atoms with van der Waals surface area (Å²) in [5.41, 5.74) is 1.86. The first-order valence-corrected chi connectivity index (χ1v) is 11.8. The number of benzene rings is 2. The van der Waals surface area contributed by atoms with E-state index in [2.05, 4.69) is 0 Å². The maximum Gasteiger partial charge on any atom is 0.246 e. The number of ether oxygens (including phenoxy) is 1. The topological polar surface area (TPSA) is 113 Å². The molecule has 1 fully saturated rings. The van der Waals surface area contributed by atoms with E-state index in [-0.39, 0.29) is 30.8 Å². The number of carbonyl (C=O) groups excluding carboxylic acids is 1. The fourth-order valence-corrected chi connectivity index (χ4v) is 5.69. The fraction of sp³-hybridized carbons (Fsp3) is 0.409. The molecule has 1 saturated carbocycles. The molecule has 174 valence electrons. The van der Waals surface area contributed by atoms with E-state index in [4.69, 9.17) is 9.94 Å². The van der Waals surface area contributed by atoms with Crippen molar-refractivity contribution >= 4 is 15.7 Å². The van der Waals surface area contributed by atoms with Gasteiger partial charge in [-0.1, -0.05) is 0 Å². The number of hydrogen-bond acceptors (Lipinski definition) is 6. The van der Waals surface area contributed by atoms with Crippen LogP contribution in [0.4, 0.5) is 8.78 Å². The van der Waals surface area contributed by atoms with Crippen LogP contribution in [-0.4, -0.2) is 36.0 Å². The van der Waals surface area contributed by atoms with Crippen LogP contribution < -0.4 is 10.2 Å². The van der Waals surface area contributed by atoms with E-state index < -0.39 is 44.7 Å². The van der Waals surface area contributed by atoms with E-state index in [1.54, 1.807) is 5.48 Å². The van der Waals surface area contributed by atoms with Gasteiger partial charge in [-0.3, -0.25) is 10.0 Å². The molecule has 0 spiro atoms. The molecule has 0 radical (unpaired) electrons. The molecule has 1 aliphatic rings. The molecule has 0 bridgehead atoms. The molecule has 1 amide bonds.